The Balaban J connectivity index is 1.37. The van der Waals surface area contributed by atoms with E-state index in [4.69, 9.17) is 4.42 Å². The van der Waals surface area contributed by atoms with Crippen LogP contribution in [0.5, 0.6) is 0 Å². The molecule has 1 amide bonds. The van der Waals surface area contributed by atoms with E-state index in [9.17, 15) is 9.59 Å². The molecule has 7 nitrogen and oxygen atoms in total. The summed E-state index contributed by atoms with van der Waals surface area (Å²) >= 11 is 0. The van der Waals surface area contributed by atoms with Gasteiger partial charge in [-0.05, 0) is 36.6 Å². The summed E-state index contributed by atoms with van der Waals surface area (Å²) in [6.07, 6.45) is 3.82. The van der Waals surface area contributed by atoms with Crippen molar-refractivity contribution in [3.8, 4) is 0 Å². The maximum absolute atomic E-state index is 12.9. The molecule has 0 unspecified atom stereocenters. The Morgan fingerprint density at radius 1 is 1.10 bits per heavy atom. The average Bonchev–Trinajstić information content (AvgIpc) is 3.44. The third kappa shape index (κ3) is 3.56. The lowest BCUT2D eigenvalue weighted by molar-refractivity contribution is -0.131. The van der Waals surface area contributed by atoms with Crippen molar-refractivity contribution < 1.29 is 9.21 Å². The standard InChI is InChI=1S/C24H24N4O3/c1-26(14-17-8-2-4-10-19(17)27-12-6-7-13-27)21(29)15-28-16-25-22-18-9-3-5-11-20(18)31-23(22)24(28)30/h2-5,8-11,16H,6-7,12-15H2,1H3. The number of anilines is 1. The molecular formula is C24H24N4O3. The van der Waals surface area contributed by atoms with Crippen molar-refractivity contribution in [1.29, 1.82) is 0 Å². The minimum atomic E-state index is -0.347. The molecular weight excluding hydrogens is 392 g/mol. The van der Waals surface area contributed by atoms with Gasteiger partial charge in [-0.2, -0.15) is 0 Å². The summed E-state index contributed by atoms with van der Waals surface area (Å²) in [5, 5.41) is 0.795. The number of carbonyl (C=O) groups excluding carboxylic acids is 1. The zero-order valence-corrected chi connectivity index (χ0v) is 17.5. The first kappa shape index (κ1) is 19.4. The van der Waals surface area contributed by atoms with Crippen molar-refractivity contribution in [1.82, 2.24) is 14.5 Å². The van der Waals surface area contributed by atoms with Crippen molar-refractivity contribution in [2.24, 2.45) is 0 Å². The van der Waals surface area contributed by atoms with Crippen LogP contribution in [0.2, 0.25) is 0 Å². The molecule has 5 rings (SSSR count). The lowest BCUT2D eigenvalue weighted by Crippen LogP contribution is -2.34. The zero-order valence-electron chi connectivity index (χ0n) is 17.5. The van der Waals surface area contributed by atoms with E-state index in [0.29, 0.717) is 17.6 Å². The summed E-state index contributed by atoms with van der Waals surface area (Å²) in [5.41, 5.74) is 3.26. The molecule has 0 radical (unpaired) electrons. The van der Waals surface area contributed by atoms with Gasteiger partial charge in [0.05, 0.1) is 6.33 Å². The molecule has 0 N–H and O–H groups in total. The number of fused-ring (bicyclic) bond motifs is 3. The lowest BCUT2D eigenvalue weighted by Gasteiger charge is -2.24. The normalized spacial score (nSPS) is 13.9. The van der Waals surface area contributed by atoms with E-state index < -0.39 is 0 Å². The Morgan fingerprint density at radius 2 is 1.84 bits per heavy atom. The van der Waals surface area contributed by atoms with Crippen molar-refractivity contribution in [2.75, 3.05) is 25.0 Å². The van der Waals surface area contributed by atoms with Crippen LogP contribution in [-0.2, 0) is 17.9 Å². The van der Waals surface area contributed by atoms with Crippen LogP contribution in [-0.4, -0.2) is 40.5 Å². The number of para-hydroxylation sites is 2. The fraction of sp³-hybridized carbons (Fsp3) is 0.292. The first-order valence-electron chi connectivity index (χ1n) is 10.6. The maximum atomic E-state index is 12.9. The van der Waals surface area contributed by atoms with Gasteiger partial charge in [0, 0.05) is 37.8 Å². The number of furan rings is 1. The molecule has 0 bridgehead atoms. The molecule has 7 heteroatoms. The summed E-state index contributed by atoms with van der Waals surface area (Å²) in [7, 11) is 1.77. The quantitative estimate of drug-likeness (QED) is 0.499. The van der Waals surface area contributed by atoms with Gasteiger partial charge in [0.2, 0.25) is 11.5 Å². The van der Waals surface area contributed by atoms with Crippen molar-refractivity contribution in [2.45, 2.75) is 25.9 Å². The molecule has 0 aliphatic carbocycles. The Hall–Kier alpha value is -3.61. The van der Waals surface area contributed by atoms with Crippen LogP contribution in [0, 0.1) is 0 Å². The van der Waals surface area contributed by atoms with Crippen LogP contribution in [0.15, 0.2) is 64.1 Å². The summed E-state index contributed by atoms with van der Waals surface area (Å²) in [5.74, 6) is -0.157. The third-order valence-electron chi connectivity index (χ3n) is 5.93. The van der Waals surface area contributed by atoms with Gasteiger partial charge in [0.15, 0.2) is 0 Å². The summed E-state index contributed by atoms with van der Waals surface area (Å²) in [6, 6.07) is 15.6. The van der Waals surface area contributed by atoms with Gasteiger partial charge < -0.3 is 14.2 Å². The van der Waals surface area contributed by atoms with Gasteiger partial charge >= 0.3 is 0 Å². The number of amides is 1. The highest BCUT2D eigenvalue weighted by Crippen LogP contribution is 2.26. The zero-order chi connectivity index (χ0) is 21.4. The van der Waals surface area contributed by atoms with Crippen LogP contribution in [0.4, 0.5) is 5.69 Å². The van der Waals surface area contributed by atoms with E-state index in [1.54, 1.807) is 18.0 Å². The minimum absolute atomic E-state index is 0.0821. The number of nitrogens with zero attached hydrogens (tertiary/aromatic N) is 4. The first-order chi connectivity index (χ1) is 15.1. The van der Waals surface area contributed by atoms with Crippen LogP contribution in [0.1, 0.15) is 18.4 Å². The van der Waals surface area contributed by atoms with Crippen molar-refractivity contribution >= 4 is 33.7 Å². The van der Waals surface area contributed by atoms with E-state index in [1.807, 2.05) is 30.3 Å². The summed E-state index contributed by atoms with van der Waals surface area (Å²) in [4.78, 5) is 34.2. The van der Waals surface area contributed by atoms with Gasteiger partial charge in [-0.25, -0.2) is 4.98 Å². The van der Waals surface area contributed by atoms with E-state index in [0.717, 1.165) is 24.0 Å². The number of aromatic nitrogens is 2. The highest BCUT2D eigenvalue weighted by Gasteiger charge is 2.19. The lowest BCUT2D eigenvalue weighted by atomic mass is 10.1. The Morgan fingerprint density at radius 3 is 2.68 bits per heavy atom. The number of benzene rings is 2. The van der Waals surface area contributed by atoms with E-state index in [-0.39, 0.29) is 23.6 Å². The molecule has 3 heterocycles. The van der Waals surface area contributed by atoms with Crippen LogP contribution < -0.4 is 10.5 Å². The van der Waals surface area contributed by atoms with Crippen LogP contribution >= 0.6 is 0 Å². The summed E-state index contributed by atoms with van der Waals surface area (Å²) in [6.45, 7) is 2.50. The number of hydrogen-bond acceptors (Lipinski definition) is 5. The average molecular weight is 416 g/mol. The highest BCUT2D eigenvalue weighted by molar-refractivity contribution is 6.01. The maximum Gasteiger partial charge on any atom is 0.297 e. The largest absolute Gasteiger partial charge is 0.448 e. The number of carbonyl (C=O) groups is 1. The SMILES string of the molecule is CN(Cc1ccccc1N1CCCC1)C(=O)Cn1cnc2c(oc3ccccc32)c1=O. The molecule has 0 atom stereocenters. The first-order valence-corrected chi connectivity index (χ1v) is 10.6. The smallest absolute Gasteiger partial charge is 0.297 e. The monoisotopic (exact) mass is 416 g/mol. The fourth-order valence-electron chi connectivity index (χ4n) is 4.25. The van der Waals surface area contributed by atoms with E-state index >= 15 is 0 Å². The molecule has 31 heavy (non-hydrogen) atoms. The number of likely N-dealkylation sites (N-methyl/N-ethyl adjacent to an activating group) is 1. The highest BCUT2D eigenvalue weighted by atomic mass is 16.3. The van der Waals surface area contributed by atoms with Gasteiger partial charge in [-0.3, -0.25) is 14.2 Å². The molecule has 158 valence electrons. The Kier molecular flexibility index (Phi) is 4.94. The van der Waals surface area contributed by atoms with E-state index in [2.05, 4.69) is 22.0 Å². The van der Waals surface area contributed by atoms with Crippen molar-refractivity contribution in [3.05, 3.63) is 70.8 Å². The van der Waals surface area contributed by atoms with Crippen LogP contribution in [0.25, 0.3) is 22.1 Å². The molecule has 4 aromatic rings. The minimum Gasteiger partial charge on any atom is -0.448 e. The van der Waals surface area contributed by atoms with Gasteiger partial charge in [0.25, 0.3) is 5.56 Å². The van der Waals surface area contributed by atoms with E-state index in [1.165, 1.54) is 29.4 Å². The molecule has 1 fully saturated rings. The molecule has 1 aliphatic rings. The number of rotatable bonds is 5. The molecule has 0 spiro atoms. The topological polar surface area (TPSA) is 71.6 Å². The van der Waals surface area contributed by atoms with Gasteiger partial charge in [-0.15, -0.1) is 0 Å². The van der Waals surface area contributed by atoms with Crippen molar-refractivity contribution in [3.63, 3.8) is 0 Å². The molecule has 2 aromatic heterocycles. The predicted molar refractivity (Wildman–Crippen MR) is 120 cm³/mol. The Labute approximate surface area is 179 Å². The fourth-order valence-corrected chi connectivity index (χ4v) is 4.25. The summed E-state index contributed by atoms with van der Waals surface area (Å²) < 4.78 is 7.02. The van der Waals surface area contributed by atoms with Gasteiger partial charge in [-0.1, -0.05) is 30.3 Å². The molecule has 1 aliphatic heterocycles. The third-order valence-corrected chi connectivity index (χ3v) is 5.93. The molecule has 1 saturated heterocycles. The second kappa shape index (κ2) is 7.91. The van der Waals surface area contributed by atoms with Gasteiger partial charge in [0.1, 0.15) is 17.6 Å². The molecule has 2 aromatic carbocycles. The second-order valence-electron chi connectivity index (χ2n) is 8.03. The van der Waals surface area contributed by atoms with Crippen LogP contribution in [0.3, 0.4) is 0 Å². The predicted octanol–water partition coefficient (Wildman–Crippen LogP) is 3.40. The number of hydrogen-bond donors (Lipinski definition) is 0. The Bertz CT molecular complexity index is 1320. The second-order valence-corrected chi connectivity index (χ2v) is 8.03. The molecule has 0 saturated carbocycles.